The van der Waals surface area contributed by atoms with Crippen molar-refractivity contribution < 1.29 is 4.79 Å². The van der Waals surface area contributed by atoms with Gasteiger partial charge < -0.3 is 10.4 Å². The minimum Gasteiger partial charge on any atom is -0.342 e. The molecule has 0 aliphatic rings. The van der Waals surface area contributed by atoms with Gasteiger partial charge in [0.25, 0.3) is 0 Å². The smallest absolute Gasteiger partial charge is 0.245 e. The Balaban J connectivity index is 2.03. The number of imidazole rings is 1. The third-order valence-electron chi connectivity index (χ3n) is 2.18. The van der Waals surface area contributed by atoms with Gasteiger partial charge in [-0.25, -0.2) is 4.98 Å². The lowest BCUT2D eigenvalue weighted by molar-refractivity contribution is -0.121. The molecule has 0 spiro atoms. The minimum absolute atomic E-state index is 0.160. The van der Waals surface area contributed by atoms with Crippen LogP contribution >= 0.6 is 0 Å². The van der Waals surface area contributed by atoms with Gasteiger partial charge in [0.1, 0.15) is 5.82 Å². The first-order chi connectivity index (χ1) is 8.15. The Morgan fingerprint density at radius 2 is 2.18 bits per heavy atom. The van der Waals surface area contributed by atoms with Crippen LogP contribution in [0.4, 0.5) is 0 Å². The molecule has 1 amide bonds. The first kappa shape index (κ1) is 11.2. The average molecular weight is 230 g/mol. The van der Waals surface area contributed by atoms with Crippen molar-refractivity contribution in [3.63, 3.8) is 0 Å². The summed E-state index contributed by atoms with van der Waals surface area (Å²) in [5.74, 6) is 0.485. The largest absolute Gasteiger partial charge is 0.342 e. The molecule has 0 saturated heterocycles. The Morgan fingerprint density at radius 3 is 2.88 bits per heavy atom. The Kier molecular flexibility index (Phi) is 3.09. The molecule has 5 nitrogen and oxygen atoms in total. The van der Waals surface area contributed by atoms with Crippen molar-refractivity contribution in [3.8, 4) is 0 Å². The molecule has 0 aliphatic carbocycles. The summed E-state index contributed by atoms with van der Waals surface area (Å²) >= 11 is 0. The lowest BCUT2D eigenvalue weighted by Gasteiger charge is -2.05. The van der Waals surface area contributed by atoms with Crippen LogP contribution in [0.15, 0.2) is 36.5 Å². The maximum atomic E-state index is 11.5. The zero-order valence-electron chi connectivity index (χ0n) is 9.58. The van der Waals surface area contributed by atoms with Gasteiger partial charge in [0.2, 0.25) is 5.91 Å². The number of hydrogen-bond acceptors (Lipinski definition) is 3. The van der Waals surface area contributed by atoms with Gasteiger partial charge in [0, 0.05) is 5.70 Å². The van der Waals surface area contributed by atoms with Gasteiger partial charge >= 0.3 is 0 Å². The number of para-hydroxylation sites is 2. The number of nitrogens with one attached hydrogen (secondary N) is 3. The topological polar surface area (TPSA) is 69.8 Å². The number of carbonyl (C=O) groups is 1. The van der Waals surface area contributed by atoms with Gasteiger partial charge in [0.05, 0.1) is 17.5 Å². The first-order valence-corrected chi connectivity index (χ1v) is 5.29. The maximum absolute atomic E-state index is 11.5. The van der Waals surface area contributed by atoms with E-state index in [1.807, 2.05) is 24.3 Å². The second kappa shape index (κ2) is 4.69. The van der Waals surface area contributed by atoms with Crippen LogP contribution < -0.4 is 10.9 Å². The number of aromatic amines is 1. The number of nitrogens with zero attached hydrogens (tertiary/aromatic N) is 1. The molecule has 5 heteroatoms. The molecule has 1 aromatic carbocycles. The molecule has 0 atom stereocenters. The number of benzene rings is 1. The summed E-state index contributed by atoms with van der Waals surface area (Å²) in [6.45, 7) is 5.38. The Bertz CT molecular complexity index is 525. The van der Waals surface area contributed by atoms with Crippen molar-refractivity contribution in [2.24, 2.45) is 0 Å². The Hall–Kier alpha value is -2.30. The SMILES string of the molecule is C=C(C)NNC(=O)Cc1nc2ccccc2[nH]1. The van der Waals surface area contributed by atoms with Crippen molar-refractivity contribution in [1.29, 1.82) is 0 Å². The highest BCUT2D eigenvalue weighted by Crippen LogP contribution is 2.10. The van der Waals surface area contributed by atoms with E-state index in [0.29, 0.717) is 11.5 Å². The predicted octanol–water partition coefficient (Wildman–Crippen LogP) is 1.26. The van der Waals surface area contributed by atoms with E-state index in [4.69, 9.17) is 0 Å². The van der Waals surface area contributed by atoms with Crippen LogP contribution in [0.5, 0.6) is 0 Å². The molecule has 0 aliphatic heterocycles. The van der Waals surface area contributed by atoms with Gasteiger partial charge in [-0.05, 0) is 19.1 Å². The van der Waals surface area contributed by atoms with Crippen LogP contribution in [0.1, 0.15) is 12.7 Å². The highest BCUT2D eigenvalue weighted by Gasteiger charge is 2.07. The molecule has 17 heavy (non-hydrogen) atoms. The number of rotatable bonds is 4. The molecule has 0 fully saturated rings. The van der Waals surface area contributed by atoms with Crippen LogP contribution in [0.2, 0.25) is 0 Å². The Labute approximate surface area is 98.9 Å². The summed E-state index contributed by atoms with van der Waals surface area (Å²) in [7, 11) is 0. The van der Waals surface area contributed by atoms with Crippen molar-refractivity contribution >= 4 is 16.9 Å². The van der Waals surface area contributed by atoms with Crippen LogP contribution in [0, 0.1) is 0 Å². The maximum Gasteiger partial charge on any atom is 0.245 e. The van der Waals surface area contributed by atoms with E-state index in [-0.39, 0.29) is 12.3 Å². The number of carbonyl (C=O) groups excluding carboxylic acids is 1. The van der Waals surface area contributed by atoms with E-state index < -0.39 is 0 Å². The molecule has 0 radical (unpaired) electrons. The van der Waals surface area contributed by atoms with Gasteiger partial charge in [-0.15, -0.1) is 0 Å². The minimum atomic E-state index is -0.160. The van der Waals surface area contributed by atoms with E-state index in [1.165, 1.54) is 0 Å². The monoisotopic (exact) mass is 230 g/mol. The van der Waals surface area contributed by atoms with Gasteiger partial charge in [-0.2, -0.15) is 0 Å². The third-order valence-corrected chi connectivity index (χ3v) is 2.18. The molecule has 1 aromatic heterocycles. The zero-order valence-corrected chi connectivity index (χ0v) is 9.58. The second-order valence-corrected chi connectivity index (χ2v) is 3.83. The van der Waals surface area contributed by atoms with Crippen LogP contribution in [0.25, 0.3) is 11.0 Å². The highest BCUT2D eigenvalue weighted by molar-refractivity contribution is 5.80. The molecule has 88 valence electrons. The lowest BCUT2D eigenvalue weighted by atomic mass is 10.3. The molecule has 3 N–H and O–H groups in total. The normalized spacial score (nSPS) is 10.2. The molecule has 0 unspecified atom stereocenters. The summed E-state index contributed by atoms with van der Waals surface area (Å²) in [5.41, 5.74) is 7.67. The fourth-order valence-electron chi connectivity index (χ4n) is 1.46. The van der Waals surface area contributed by atoms with Crippen molar-refractivity contribution in [2.75, 3.05) is 0 Å². The molecule has 0 bridgehead atoms. The molecular weight excluding hydrogens is 216 g/mol. The first-order valence-electron chi connectivity index (χ1n) is 5.29. The van der Waals surface area contributed by atoms with Crippen LogP contribution in [-0.2, 0) is 11.2 Å². The summed E-state index contributed by atoms with van der Waals surface area (Å²) in [6, 6.07) is 7.66. The van der Waals surface area contributed by atoms with Crippen molar-refractivity contribution in [3.05, 3.63) is 42.4 Å². The van der Waals surface area contributed by atoms with Crippen LogP contribution in [0.3, 0.4) is 0 Å². The summed E-state index contributed by atoms with van der Waals surface area (Å²) in [6.07, 6.45) is 0.203. The standard InChI is InChI=1S/C12H14N4O/c1-8(2)15-16-12(17)7-11-13-9-5-3-4-6-10(9)14-11/h3-6,15H,1,7H2,2H3,(H,13,14)(H,16,17). The number of hydrazine groups is 1. The quantitative estimate of drug-likeness (QED) is 0.692. The van der Waals surface area contributed by atoms with E-state index in [0.717, 1.165) is 11.0 Å². The summed E-state index contributed by atoms with van der Waals surface area (Å²) < 4.78 is 0. The lowest BCUT2D eigenvalue weighted by Crippen LogP contribution is -2.36. The number of fused-ring (bicyclic) bond motifs is 1. The third kappa shape index (κ3) is 2.84. The fourth-order valence-corrected chi connectivity index (χ4v) is 1.46. The number of allylic oxidation sites excluding steroid dienone is 1. The molecule has 1 heterocycles. The summed E-state index contributed by atoms with van der Waals surface area (Å²) in [5, 5.41) is 0. The van der Waals surface area contributed by atoms with Gasteiger partial charge in [-0.1, -0.05) is 18.7 Å². The molecule has 2 aromatic rings. The number of aromatic nitrogens is 2. The molecular formula is C12H14N4O. The van der Waals surface area contributed by atoms with Crippen molar-refractivity contribution in [2.45, 2.75) is 13.3 Å². The highest BCUT2D eigenvalue weighted by atomic mass is 16.2. The van der Waals surface area contributed by atoms with Gasteiger partial charge in [-0.3, -0.25) is 10.2 Å². The van der Waals surface area contributed by atoms with E-state index in [9.17, 15) is 4.79 Å². The van der Waals surface area contributed by atoms with E-state index in [1.54, 1.807) is 6.92 Å². The number of H-pyrrole nitrogens is 1. The number of amides is 1. The Morgan fingerprint density at radius 1 is 1.41 bits per heavy atom. The van der Waals surface area contributed by atoms with E-state index in [2.05, 4.69) is 27.4 Å². The second-order valence-electron chi connectivity index (χ2n) is 3.83. The molecule has 0 saturated carbocycles. The molecule has 2 rings (SSSR count). The van der Waals surface area contributed by atoms with E-state index >= 15 is 0 Å². The number of hydrogen-bond donors (Lipinski definition) is 3. The zero-order chi connectivity index (χ0) is 12.3. The predicted molar refractivity (Wildman–Crippen MR) is 65.9 cm³/mol. The fraction of sp³-hybridized carbons (Fsp3) is 0.167. The average Bonchev–Trinajstić information content (AvgIpc) is 2.68. The summed E-state index contributed by atoms with van der Waals surface area (Å²) in [4.78, 5) is 18.9. The van der Waals surface area contributed by atoms with Crippen LogP contribution in [-0.4, -0.2) is 15.9 Å². The van der Waals surface area contributed by atoms with Crippen molar-refractivity contribution in [1.82, 2.24) is 20.8 Å². The van der Waals surface area contributed by atoms with Gasteiger partial charge in [0.15, 0.2) is 0 Å².